The highest BCUT2D eigenvalue weighted by Gasteiger charge is 2.07. The van der Waals surface area contributed by atoms with Crippen molar-refractivity contribution in [1.29, 1.82) is 0 Å². The van der Waals surface area contributed by atoms with E-state index in [9.17, 15) is 4.79 Å². The van der Waals surface area contributed by atoms with Gasteiger partial charge in [0.1, 0.15) is 5.82 Å². The molecule has 0 aliphatic rings. The number of aromatic amines is 1. The molecule has 3 rings (SSSR count). The van der Waals surface area contributed by atoms with Crippen molar-refractivity contribution in [3.05, 3.63) is 45.3 Å². The Balaban J connectivity index is 2.22. The number of fused-ring (bicyclic) bond motifs is 1. The average Bonchev–Trinajstić information content (AvgIpc) is 2.82. The van der Waals surface area contributed by atoms with Crippen molar-refractivity contribution in [1.82, 2.24) is 15.0 Å². The fourth-order valence-electron chi connectivity index (χ4n) is 1.76. The second-order valence-corrected chi connectivity index (χ2v) is 5.10. The molecule has 4 nitrogen and oxygen atoms in total. The average molecular weight is 257 g/mol. The Labute approximate surface area is 107 Å². The Hall–Kier alpha value is -2.01. The van der Waals surface area contributed by atoms with Gasteiger partial charge in [-0.15, -0.1) is 11.3 Å². The minimum atomic E-state index is -0.0937. The molecule has 1 N–H and O–H groups in total. The van der Waals surface area contributed by atoms with Gasteiger partial charge in [-0.25, -0.2) is 4.98 Å². The molecule has 0 aromatic carbocycles. The Morgan fingerprint density at radius 3 is 2.94 bits per heavy atom. The fraction of sp³-hybridized carbons (Fsp3) is 0.154. The molecule has 0 unspecified atom stereocenters. The largest absolute Gasteiger partial charge is 0.306 e. The second kappa shape index (κ2) is 4.03. The van der Waals surface area contributed by atoms with Crippen LogP contribution in [0.15, 0.2) is 28.5 Å². The first-order valence-corrected chi connectivity index (χ1v) is 6.44. The predicted octanol–water partition coefficient (Wildman–Crippen LogP) is 2.66. The molecule has 0 radical (unpaired) electrons. The predicted molar refractivity (Wildman–Crippen MR) is 72.9 cm³/mol. The van der Waals surface area contributed by atoms with Crippen LogP contribution in [-0.2, 0) is 0 Å². The number of aromatic nitrogens is 3. The molecule has 0 fully saturated rings. The molecule has 0 atom stereocenters. The highest BCUT2D eigenvalue weighted by molar-refractivity contribution is 7.17. The number of aryl methyl sites for hydroxylation is 1. The minimum absolute atomic E-state index is 0.0937. The first-order valence-electron chi connectivity index (χ1n) is 5.56. The maximum Gasteiger partial charge on any atom is 0.254 e. The summed E-state index contributed by atoms with van der Waals surface area (Å²) in [5, 5.41) is 2.00. The van der Waals surface area contributed by atoms with Crippen molar-refractivity contribution >= 4 is 21.6 Å². The Morgan fingerprint density at radius 2 is 2.17 bits per heavy atom. The van der Waals surface area contributed by atoms with Gasteiger partial charge in [0, 0.05) is 23.0 Å². The Bertz CT molecular complexity index is 788. The van der Waals surface area contributed by atoms with Gasteiger partial charge in [-0.05, 0) is 31.4 Å². The molecule has 90 valence electrons. The van der Waals surface area contributed by atoms with Gasteiger partial charge in [-0.2, -0.15) is 0 Å². The first kappa shape index (κ1) is 11.1. The van der Waals surface area contributed by atoms with Crippen LogP contribution >= 0.6 is 11.3 Å². The van der Waals surface area contributed by atoms with Gasteiger partial charge >= 0.3 is 0 Å². The summed E-state index contributed by atoms with van der Waals surface area (Å²) in [4.78, 5) is 23.3. The number of hydrogen-bond donors (Lipinski definition) is 1. The zero-order valence-corrected chi connectivity index (χ0v) is 10.8. The number of nitrogens with zero attached hydrogens (tertiary/aromatic N) is 2. The van der Waals surface area contributed by atoms with E-state index in [2.05, 4.69) is 15.0 Å². The van der Waals surface area contributed by atoms with Crippen molar-refractivity contribution < 1.29 is 0 Å². The van der Waals surface area contributed by atoms with Crippen LogP contribution in [0.25, 0.3) is 21.6 Å². The van der Waals surface area contributed by atoms with Crippen LogP contribution in [0.4, 0.5) is 0 Å². The number of pyridine rings is 1. The Kier molecular flexibility index (Phi) is 2.48. The van der Waals surface area contributed by atoms with E-state index in [1.807, 2.05) is 24.4 Å². The molecular weight excluding hydrogens is 246 g/mol. The molecule has 0 saturated heterocycles. The maximum absolute atomic E-state index is 11.7. The molecule has 0 bridgehead atoms. The van der Waals surface area contributed by atoms with Crippen molar-refractivity contribution in [2.24, 2.45) is 0 Å². The zero-order chi connectivity index (χ0) is 12.7. The highest BCUT2D eigenvalue weighted by Crippen LogP contribution is 2.23. The van der Waals surface area contributed by atoms with Crippen LogP contribution in [0.3, 0.4) is 0 Å². The lowest BCUT2D eigenvalue weighted by atomic mass is 10.2. The van der Waals surface area contributed by atoms with Crippen molar-refractivity contribution in [2.45, 2.75) is 13.8 Å². The van der Waals surface area contributed by atoms with Gasteiger partial charge in [-0.3, -0.25) is 9.78 Å². The Morgan fingerprint density at radius 1 is 1.33 bits per heavy atom. The number of H-pyrrole nitrogens is 1. The van der Waals surface area contributed by atoms with E-state index in [0.29, 0.717) is 11.4 Å². The summed E-state index contributed by atoms with van der Waals surface area (Å²) in [6.07, 6.45) is 1.74. The van der Waals surface area contributed by atoms with Crippen LogP contribution in [-0.4, -0.2) is 15.0 Å². The quantitative estimate of drug-likeness (QED) is 0.729. The van der Waals surface area contributed by atoms with Crippen LogP contribution < -0.4 is 5.56 Å². The minimum Gasteiger partial charge on any atom is -0.306 e. The number of nitrogens with one attached hydrogen (secondary N) is 1. The number of rotatable bonds is 1. The third-order valence-electron chi connectivity index (χ3n) is 2.97. The van der Waals surface area contributed by atoms with Gasteiger partial charge in [-0.1, -0.05) is 0 Å². The molecule has 0 spiro atoms. The molecule has 3 aromatic heterocycles. The smallest absolute Gasteiger partial charge is 0.254 e. The van der Waals surface area contributed by atoms with E-state index < -0.39 is 0 Å². The number of hydrogen-bond acceptors (Lipinski definition) is 4. The molecule has 3 aromatic rings. The van der Waals surface area contributed by atoms with Gasteiger partial charge in [0.2, 0.25) is 0 Å². The molecule has 3 heterocycles. The first-order chi connectivity index (χ1) is 8.65. The van der Waals surface area contributed by atoms with Crippen LogP contribution in [0.5, 0.6) is 0 Å². The van der Waals surface area contributed by atoms with E-state index in [1.54, 1.807) is 24.5 Å². The zero-order valence-electron chi connectivity index (χ0n) is 10.0. The van der Waals surface area contributed by atoms with Crippen LogP contribution in [0.1, 0.15) is 11.3 Å². The number of thiophene rings is 1. The second-order valence-electron chi connectivity index (χ2n) is 4.15. The maximum atomic E-state index is 11.7. The summed E-state index contributed by atoms with van der Waals surface area (Å²) in [5.74, 6) is 0.575. The van der Waals surface area contributed by atoms with Crippen molar-refractivity contribution in [3.63, 3.8) is 0 Å². The third-order valence-corrected chi connectivity index (χ3v) is 3.82. The lowest BCUT2D eigenvalue weighted by molar-refractivity contribution is 1.03. The SMILES string of the molecule is Cc1nc(-c2cnc3ccsc3c2)[nH]c(=O)c1C. The van der Waals surface area contributed by atoms with E-state index in [1.165, 1.54) is 0 Å². The topological polar surface area (TPSA) is 58.6 Å². The lowest BCUT2D eigenvalue weighted by Crippen LogP contribution is -2.14. The van der Waals surface area contributed by atoms with Crippen molar-refractivity contribution in [3.8, 4) is 11.4 Å². The van der Waals surface area contributed by atoms with Gasteiger partial charge in [0.15, 0.2) is 0 Å². The van der Waals surface area contributed by atoms with Crippen molar-refractivity contribution in [2.75, 3.05) is 0 Å². The standard InChI is InChI=1S/C13H11N3OS/c1-7-8(2)15-12(16-13(7)17)9-5-11-10(14-6-9)3-4-18-11/h3-6H,1-2H3,(H,15,16,17). The van der Waals surface area contributed by atoms with E-state index in [-0.39, 0.29) is 5.56 Å². The van der Waals surface area contributed by atoms with Gasteiger partial charge in [0.05, 0.1) is 10.2 Å². The molecule has 0 saturated carbocycles. The van der Waals surface area contributed by atoms with E-state index >= 15 is 0 Å². The summed E-state index contributed by atoms with van der Waals surface area (Å²) >= 11 is 1.63. The summed E-state index contributed by atoms with van der Waals surface area (Å²) in [5.41, 5.74) is 3.12. The van der Waals surface area contributed by atoms with Gasteiger partial charge < -0.3 is 4.98 Å². The fourth-order valence-corrected chi connectivity index (χ4v) is 2.54. The molecular formula is C13H11N3OS. The molecule has 18 heavy (non-hydrogen) atoms. The lowest BCUT2D eigenvalue weighted by Gasteiger charge is -2.04. The van der Waals surface area contributed by atoms with E-state index in [0.717, 1.165) is 21.5 Å². The summed E-state index contributed by atoms with van der Waals surface area (Å²) in [7, 11) is 0. The summed E-state index contributed by atoms with van der Waals surface area (Å²) in [6.45, 7) is 3.61. The summed E-state index contributed by atoms with van der Waals surface area (Å²) in [6, 6.07) is 3.97. The van der Waals surface area contributed by atoms with Gasteiger partial charge in [0.25, 0.3) is 5.56 Å². The highest BCUT2D eigenvalue weighted by atomic mass is 32.1. The van der Waals surface area contributed by atoms with Crippen LogP contribution in [0, 0.1) is 13.8 Å². The monoisotopic (exact) mass is 257 g/mol. The summed E-state index contributed by atoms with van der Waals surface area (Å²) < 4.78 is 1.09. The van der Waals surface area contributed by atoms with Crippen LogP contribution in [0.2, 0.25) is 0 Å². The molecule has 0 aliphatic carbocycles. The molecule has 5 heteroatoms. The van der Waals surface area contributed by atoms with E-state index in [4.69, 9.17) is 0 Å². The molecule has 0 aliphatic heterocycles. The normalized spacial score (nSPS) is 11.0. The molecule has 0 amide bonds. The third kappa shape index (κ3) is 1.73.